The number of nitrogens with zero attached hydrogens (tertiary/aromatic N) is 2. The van der Waals surface area contributed by atoms with E-state index in [1.54, 1.807) is 19.2 Å². The molecule has 21 heavy (non-hydrogen) atoms. The van der Waals surface area contributed by atoms with Gasteiger partial charge in [0.15, 0.2) is 0 Å². The van der Waals surface area contributed by atoms with E-state index in [0.29, 0.717) is 5.82 Å². The van der Waals surface area contributed by atoms with Crippen LogP contribution in [0.15, 0.2) is 47.5 Å². The van der Waals surface area contributed by atoms with E-state index in [1.165, 1.54) is 10.5 Å². The molecule has 6 heteroatoms. The van der Waals surface area contributed by atoms with Crippen molar-refractivity contribution in [2.45, 2.75) is 24.3 Å². The zero-order chi connectivity index (χ0) is 15.0. The summed E-state index contributed by atoms with van der Waals surface area (Å²) in [6, 6.07) is 10.8. The van der Waals surface area contributed by atoms with E-state index in [9.17, 15) is 8.42 Å². The van der Waals surface area contributed by atoms with Gasteiger partial charge in [0.1, 0.15) is 10.7 Å². The van der Waals surface area contributed by atoms with Gasteiger partial charge in [-0.15, -0.1) is 0 Å². The van der Waals surface area contributed by atoms with Gasteiger partial charge in [0.05, 0.1) is 5.69 Å². The number of anilines is 2. The fourth-order valence-electron chi connectivity index (χ4n) is 2.70. The average Bonchev–Trinajstić information content (AvgIpc) is 2.83. The lowest BCUT2D eigenvalue weighted by Crippen LogP contribution is -2.35. The van der Waals surface area contributed by atoms with Gasteiger partial charge in [0.2, 0.25) is 0 Å². The van der Waals surface area contributed by atoms with E-state index in [0.717, 1.165) is 17.7 Å². The van der Waals surface area contributed by atoms with Crippen LogP contribution >= 0.6 is 0 Å². The summed E-state index contributed by atoms with van der Waals surface area (Å²) < 4.78 is 27.2. The number of benzene rings is 1. The van der Waals surface area contributed by atoms with Crippen LogP contribution in [0, 0.1) is 0 Å². The minimum Gasteiger partial charge on any atom is -0.373 e. The zero-order valence-electron chi connectivity index (χ0n) is 11.9. The van der Waals surface area contributed by atoms with Crippen LogP contribution in [0.25, 0.3) is 0 Å². The second kappa shape index (κ2) is 5.04. The van der Waals surface area contributed by atoms with E-state index >= 15 is 0 Å². The van der Waals surface area contributed by atoms with Crippen molar-refractivity contribution in [2.24, 2.45) is 0 Å². The molecule has 0 saturated heterocycles. The fourth-order valence-corrected chi connectivity index (χ4v) is 4.34. The number of rotatable bonds is 3. The van der Waals surface area contributed by atoms with Gasteiger partial charge < -0.3 is 5.32 Å². The van der Waals surface area contributed by atoms with Gasteiger partial charge in [-0.2, -0.15) is 0 Å². The molecule has 3 rings (SSSR count). The normalized spacial score (nSPS) is 17.6. The van der Waals surface area contributed by atoms with Crippen LogP contribution in [0.3, 0.4) is 0 Å². The van der Waals surface area contributed by atoms with Gasteiger partial charge in [0, 0.05) is 19.3 Å². The van der Waals surface area contributed by atoms with E-state index in [1.807, 2.05) is 31.2 Å². The van der Waals surface area contributed by atoms with E-state index in [2.05, 4.69) is 10.3 Å². The summed E-state index contributed by atoms with van der Waals surface area (Å²) in [7, 11) is -1.84. The minimum atomic E-state index is -3.58. The topological polar surface area (TPSA) is 62.3 Å². The quantitative estimate of drug-likeness (QED) is 0.945. The smallest absolute Gasteiger partial charge is 0.266 e. The number of fused-ring (bicyclic) bond motifs is 1. The molecular formula is C15H17N3O2S. The highest BCUT2D eigenvalue weighted by Gasteiger charge is 2.35. The van der Waals surface area contributed by atoms with Crippen molar-refractivity contribution in [2.75, 3.05) is 16.7 Å². The predicted octanol–water partition coefficient (Wildman–Crippen LogP) is 2.26. The van der Waals surface area contributed by atoms with Gasteiger partial charge in [-0.25, -0.2) is 13.4 Å². The molecule has 0 radical (unpaired) electrons. The lowest BCUT2D eigenvalue weighted by Gasteiger charge is -2.24. The van der Waals surface area contributed by atoms with Gasteiger partial charge in [-0.05, 0) is 37.1 Å². The minimum absolute atomic E-state index is 0.0867. The zero-order valence-corrected chi connectivity index (χ0v) is 12.8. The standard InChI is InChI=1S/C15H17N3O2S/c1-11-9-12-5-3-4-6-14(12)18(11)21(19,20)13-7-8-15(16-2)17-10-13/h3-8,10-11H,9H2,1-2H3,(H,16,17). The lowest BCUT2D eigenvalue weighted by molar-refractivity contribution is 0.584. The highest BCUT2D eigenvalue weighted by Crippen LogP contribution is 2.36. The summed E-state index contributed by atoms with van der Waals surface area (Å²) in [5.74, 6) is 0.642. The molecule has 110 valence electrons. The summed E-state index contributed by atoms with van der Waals surface area (Å²) in [4.78, 5) is 4.31. The molecule has 1 aliphatic rings. The maximum absolute atomic E-state index is 12.9. The maximum Gasteiger partial charge on any atom is 0.266 e. The Labute approximate surface area is 124 Å². The Bertz CT molecular complexity index is 757. The number of hydrogen-bond acceptors (Lipinski definition) is 4. The molecule has 5 nitrogen and oxygen atoms in total. The maximum atomic E-state index is 12.9. The molecule has 0 bridgehead atoms. The molecule has 0 aliphatic carbocycles. The summed E-state index contributed by atoms with van der Waals surface area (Å²) in [6.45, 7) is 1.92. The van der Waals surface area contributed by atoms with E-state index in [-0.39, 0.29) is 10.9 Å². The van der Waals surface area contributed by atoms with Crippen molar-refractivity contribution in [1.82, 2.24) is 4.98 Å². The first kappa shape index (κ1) is 13.9. The number of hydrogen-bond donors (Lipinski definition) is 1. The summed E-state index contributed by atoms with van der Waals surface area (Å²) >= 11 is 0. The van der Waals surface area contributed by atoms with Crippen LogP contribution in [-0.4, -0.2) is 26.5 Å². The Morgan fingerprint density at radius 1 is 1.24 bits per heavy atom. The van der Waals surface area contributed by atoms with Crippen molar-refractivity contribution in [3.05, 3.63) is 48.2 Å². The number of aromatic nitrogens is 1. The van der Waals surface area contributed by atoms with Gasteiger partial charge in [0.25, 0.3) is 10.0 Å². The van der Waals surface area contributed by atoms with Crippen molar-refractivity contribution in [3.63, 3.8) is 0 Å². The van der Waals surface area contributed by atoms with Crippen molar-refractivity contribution < 1.29 is 8.42 Å². The van der Waals surface area contributed by atoms with Crippen molar-refractivity contribution in [1.29, 1.82) is 0 Å². The highest BCUT2D eigenvalue weighted by atomic mass is 32.2. The Hall–Kier alpha value is -2.08. The third-order valence-corrected chi connectivity index (χ3v) is 5.61. The Morgan fingerprint density at radius 2 is 2.00 bits per heavy atom. The molecular weight excluding hydrogens is 286 g/mol. The van der Waals surface area contributed by atoms with Crippen LogP contribution < -0.4 is 9.62 Å². The van der Waals surface area contributed by atoms with Crippen LogP contribution in [-0.2, 0) is 16.4 Å². The van der Waals surface area contributed by atoms with Crippen LogP contribution in [0.5, 0.6) is 0 Å². The van der Waals surface area contributed by atoms with E-state index < -0.39 is 10.0 Å². The summed E-state index contributed by atoms with van der Waals surface area (Å²) in [5.41, 5.74) is 1.83. The van der Waals surface area contributed by atoms with Crippen LogP contribution in [0.1, 0.15) is 12.5 Å². The molecule has 1 unspecified atom stereocenters. The number of nitrogens with one attached hydrogen (secondary N) is 1. The van der Waals surface area contributed by atoms with Gasteiger partial charge >= 0.3 is 0 Å². The Balaban J connectivity index is 2.05. The molecule has 0 saturated carbocycles. The largest absolute Gasteiger partial charge is 0.373 e. The Kier molecular flexibility index (Phi) is 3.33. The van der Waals surface area contributed by atoms with Crippen LogP contribution in [0.2, 0.25) is 0 Å². The molecule has 0 spiro atoms. The third-order valence-electron chi connectivity index (χ3n) is 3.69. The molecule has 1 atom stereocenters. The monoisotopic (exact) mass is 303 g/mol. The van der Waals surface area contributed by atoms with Crippen molar-refractivity contribution in [3.8, 4) is 0 Å². The summed E-state index contributed by atoms with van der Waals surface area (Å²) in [6.07, 6.45) is 2.13. The molecule has 0 fully saturated rings. The van der Waals surface area contributed by atoms with Crippen LogP contribution in [0.4, 0.5) is 11.5 Å². The average molecular weight is 303 g/mol. The molecule has 0 amide bonds. The first-order valence-electron chi connectivity index (χ1n) is 6.80. The molecule has 1 aliphatic heterocycles. The molecule has 2 aromatic rings. The number of para-hydroxylation sites is 1. The van der Waals surface area contributed by atoms with Gasteiger partial charge in [-0.3, -0.25) is 4.31 Å². The van der Waals surface area contributed by atoms with E-state index in [4.69, 9.17) is 0 Å². The lowest BCUT2D eigenvalue weighted by atomic mass is 10.1. The first-order chi connectivity index (χ1) is 10.0. The number of pyridine rings is 1. The Morgan fingerprint density at radius 3 is 2.67 bits per heavy atom. The molecule has 2 heterocycles. The van der Waals surface area contributed by atoms with Crippen molar-refractivity contribution >= 4 is 21.5 Å². The number of sulfonamides is 1. The SMILES string of the molecule is CNc1ccc(S(=O)(=O)N2c3ccccc3CC2C)cn1. The molecule has 1 aromatic carbocycles. The molecule has 1 N–H and O–H groups in total. The second-order valence-corrected chi connectivity index (χ2v) is 6.93. The molecule has 1 aromatic heterocycles. The highest BCUT2D eigenvalue weighted by molar-refractivity contribution is 7.92. The second-order valence-electron chi connectivity index (χ2n) is 5.11. The third kappa shape index (κ3) is 2.25. The summed E-state index contributed by atoms with van der Waals surface area (Å²) in [5, 5.41) is 2.88. The first-order valence-corrected chi connectivity index (χ1v) is 8.24. The van der Waals surface area contributed by atoms with Gasteiger partial charge in [-0.1, -0.05) is 18.2 Å². The fraction of sp³-hybridized carbons (Fsp3) is 0.267. The predicted molar refractivity (Wildman–Crippen MR) is 83.1 cm³/mol.